The summed E-state index contributed by atoms with van der Waals surface area (Å²) in [5.41, 5.74) is -1.69. The lowest BCUT2D eigenvalue weighted by Crippen LogP contribution is -2.65. The highest BCUT2D eigenvalue weighted by atomic mass is 16.8. The molecule has 326 valence electrons. The minimum absolute atomic E-state index is 0.0704. The summed E-state index contributed by atoms with van der Waals surface area (Å²) in [5, 5.41) is 94.1. The van der Waals surface area contributed by atoms with E-state index in [1.165, 1.54) is 0 Å². The number of carbonyl (C=O) groups is 1. The van der Waals surface area contributed by atoms with Gasteiger partial charge in [0.1, 0.15) is 60.2 Å². The van der Waals surface area contributed by atoms with Gasteiger partial charge in [-0.05, 0) is 96.7 Å². The smallest absolute Gasteiger partial charge is 0.187 e. The van der Waals surface area contributed by atoms with Crippen molar-refractivity contribution in [3.8, 4) is 0 Å². The van der Waals surface area contributed by atoms with Crippen molar-refractivity contribution in [2.45, 2.75) is 185 Å². The second-order valence-electron chi connectivity index (χ2n) is 20.9. The van der Waals surface area contributed by atoms with Gasteiger partial charge in [0.05, 0.1) is 38.1 Å². The molecule has 0 amide bonds. The van der Waals surface area contributed by atoms with E-state index in [9.17, 15) is 50.8 Å². The highest BCUT2D eigenvalue weighted by Gasteiger charge is 2.83. The van der Waals surface area contributed by atoms with Crippen LogP contribution >= 0.6 is 0 Å². The van der Waals surface area contributed by atoms with Crippen molar-refractivity contribution in [3.63, 3.8) is 0 Å². The van der Waals surface area contributed by atoms with Crippen molar-refractivity contribution >= 4 is 5.78 Å². The number of ether oxygens (including phenoxy) is 5. The first kappa shape index (κ1) is 42.8. The molecule has 5 aliphatic carbocycles. The highest BCUT2D eigenvalue weighted by Crippen LogP contribution is 2.89. The summed E-state index contributed by atoms with van der Waals surface area (Å²) in [6.07, 6.45) is -9.12. The Kier molecular flexibility index (Phi) is 10.8. The third-order valence-corrected chi connectivity index (χ3v) is 18.2. The lowest BCUT2D eigenvalue weighted by Gasteiger charge is -2.63. The Morgan fingerprint density at radius 3 is 1.96 bits per heavy atom. The Hall–Kier alpha value is -0.890. The van der Waals surface area contributed by atoms with Gasteiger partial charge < -0.3 is 69.6 Å². The normalized spacial score (nSPS) is 57.4. The van der Waals surface area contributed by atoms with Crippen molar-refractivity contribution in [2.75, 3.05) is 19.8 Å². The fourth-order valence-electron chi connectivity index (χ4n) is 14.7. The molecule has 3 aliphatic heterocycles. The van der Waals surface area contributed by atoms with E-state index in [0.29, 0.717) is 25.2 Å². The molecule has 57 heavy (non-hydrogen) atoms. The van der Waals surface area contributed by atoms with Gasteiger partial charge in [-0.2, -0.15) is 0 Å². The minimum atomic E-state index is -1.76. The monoisotopic (exact) mass is 812 g/mol. The van der Waals surface area contributed by atoms with E-state index in [1.54, 1.807) is 6.92 Å². The number of carbonyl (C=O) groups excluding carboxylic acids is 1. The van der Waals surface area contributed by atoms with Gasteiger partial charge in [-0.3, -0.25) is 4.79 Å². The Morgan fingerprint density at radius 2 is 1.33 bits per heavy atom. The zero-order valence-electron chi connectivity index (χ0n) is 34.3. The molecule has 0 unspecified atom stereocenters. The molecule has 15 nitrogen and oxygen atoms in total. The number of hydrogen-bond acceptors (Lipinski definition) is 15. The molecule has 0 aromatic heterocycles. The molecule has 0 aromatic carbocycles. The fourth-order valence-corrected chi connectivity index (χ4v) is 14.7. The molecule has 9 N–H and O–H groups in total. The molecule has 15 heteroatoms. The standard InChI is InChI=1S/C42H68O15/c1-19(21-13-26(47)40(6,18-45)57-21)28-20(46)14-39(5)25-8-7-24-37(2,3)27(9-10-41(24)17-42(25,41)12-11-38(28,39)4)55-36-34(32(51)30(49)23(16-44)54-36)56-35-33(52)31(50)29(48)22(15-43)53-35/h19,21-36,43-45,47-52H,7-18H2,1-6H3/t19-,21-,22-,23-,24+,25+,26+,27+,28+,29-,30-,31+,32+,33-,34-,35+,36+,38-,39+,40+,41-,42+/m1/s1. The zero-order chi connectivity index (χ0) is 41.4. The van der Waals surface area contributed by atoms with Crippen molar-refractivity contribution in [3.05, 3.63) is 0 Å². The number of aliphatic hydroxyl groups excluding tert-OH is 9. The van der Waals surface area contributed by atoms with E-state index < -0.39 is 86.3 Å². The topological polar surface area (TPSA) is 245 Å². The van der Waals surface area contributed by atoms with Gasteiger partial charge in [-0.1, -0.05) is 34.6 Å². The number of hydrogen-bond donors (Lipinski definition) is 9. The summed E-state index contributed by atoms with van der Waals surface area (Å²) >= 11 is 0. The van der Waals surface area contributed by atoms with Crippen LogP contribution in [0.15, 0.2) is 0 Å². The number of fused-ring (bicyclic) bond motifs is 2. The number of ketones is 1. The summed E-state index contributed by atoms with van der Waals surface area (Å²) in [6.45, 7) is 11.4. The Balaban J connectivity index is 1.01. The molecule has 0 aromatic rings. The SMILES string of the molecule is C[C@@H]([C@H]1C(=O)C[C@@]2(C)[C@@H]3CC[C@H]4C(C)(C)[C@@H](O[C@@H]5O[C@H](CO)[C@@H](O)[C@H](O)[C@H]5O[C@@H]5O[C@H](CO)[C@@H](O)[C@H](O)[C@H]5O)CC[C@@]45C[C@@]35CC[C@]12C)[C@H]1C[C@H](O)[C@](C)(CO)O1. The average Bonchev–Trinajstić information content (AvgIpc) is 3.66. The van der Waals surface area contributed by atoms with E-state index in [-0.39, 0.29) is 69.4 Å². The van der Waals surface area contributed by atoms with Crippen molar-refractivity contribution in [2.24, 2.45) is 50.7 Å². The van der Waals surface area contributed by atoms with E-state index in [1.807, 2.05) is 0 Å². The lowest BCUT2D eigenvalue weighted by molar-refractivity contribution is -0.377. The summed E-state index contributed by atoms with van der Waals surface area (Å²) in [7, 11) is 0. The van der Waals surface area contributed by atoms with Gasteiger partial charge in [0.15, 0.2) is 12.6 Å². The van der Waals surface area contributed by atoms with E-state index in [0.717, 1.165) is 38.5 Å². The predicted octanol–water partition coefficient (Wildman–Crippen LogP) is 0.151. The van der Waals surface area contributed by atoms with Crippen molar-refractivity contribution in [1.29, 1.82) is 0 Å². The second kappa shape index (κ2) is 14.3. The van der Waals surface area contributed by atoms with Crippen LogP contribution in [0.4, 0.5) is 0 Å². The third-order valence-electron chi connectivity index (χ3n) is 18.2. The van der Waals surface area contributed by atoms with E-state index in [2.05, 4.69) is 34.6 Å². The fraction of sp³-hybridized carbons (Fsp3) is 0.976. The number of rotatable bonds is 9. The summed E-state index contributed by atoms with van der Waals surface area (Å²) in [5.74, 6) is 0.638. The molecular weight excluding hydrogens is 744 g/mol. The third kappa shape index (κ3) is 5.92. The van der Waals surface area contributed by atoms with Gasteiger partial charge in [-0.15, -0.1) is 0 Å². The van der Waals surface area contributed by atoms with Gasteiger partial charge in [0, 0.05) is 18.8 Å². The van der Waals surface area contributed by atoms with Crippen LogP contribution in [-0.2, 0) is 28.5 Å². The Morgan fingerprint density at radius 1 is 0.719 bits per heavy atom. The van der Waals surface area contributed by atoms with Crippen LogP contribution in [0.3, 0.4) is 0 Å². The summed E-state index contributed by atoms with van der Waals surface area (Å²) in [4.78, 5) is 14.3. The lowest BCUT2D eigenvalue weighted by atomic mass is 9.41. The van der Waals surface area contributed by atoms with Gasteiger partial charge in [0.2, 0.25) is 0 Å². The highest BCUT2D eigenvalue weighted by molar-refractivity contribution is 5.86. The molecule has 2 spiro atoms. The van der Waals surface area contributed by atoms with Crippen LogP contribution < -0.4 is 0 Å². The van der Waals surface area contributed by atoms with E-state index >= 15 is 0 Å². The molecule has 0 bridgehead atoms. The first-order valence-electron chi connectivity index (χ1n) is 21.4. The second-order valence-corrected chi connectivity index (χ2v) is 20.9. The Bertz CT molecular complexity index is 1530. The van der Waals surface area contributed by atoms with Gasteiger partial charge in [0.25, 0.3) is 0 Å². The molecule has 5 saturated carbocycles. The van der Waals surface area contributed by atoms with Gasteiger partial charge >= 0.3 is 0 Å². The first-order chi connectivity index (χ1) is 26.7. The molecule has 3 heterocycles. The van der Waals surface area contributed by atoms with Crippen LogP contribution in [-0.4, -0.2) is 157 Å². The van der Waals surface area contributed by atoms with Crippen LogP contribution in [0.5, 0.6) is 0 Å². The molecular formula is C42H68O15. The minimum Gasteiger partial charge on any atom is -0.394 e. The largest absolute Gasteiger partial charge is 0.394 e. The molecule has 8 aliphatic rings. The maximum Gasteiger partial charge on any atom is 0.187 e. The van der Waals surface area contributed by atoms with Crippen LogP contribution in [0.25, 0.3) is 0 Å². The first-order valence-corrected chi connectivity index (χ1v) is 21.4. The van der Waals surface area contributed by atoms with Crippen LogP contribution in [0.2, 0.25) is 0 Å². The molecule has 22 atom stereocenters. The summed E-state index contributed by atoms with van der Waals surface area (Å²) in [6, 6.07) is 0. The van der Waals surface area contributed by atoms with Crippen LogP contribution in [0.1, 0.15) is 99.3 Å². The van der Waals surface area contributed by atoms with Crippen LogP contribution in [0, 0.1) is 50.7 Å². The number of Topliss-reactive ketones (excluding diaryl/α,β-unsaturated/α-hetero) is 1. The molecule has 0 radical (unpaired) electrons. The Labute approximate surface area is 335 Å². The molecule has 8 fully saturated rings. The van der Waals surface area contributed by atoms with Gasteiger partial charge in [-0.25, -0.2) is 0 Å². The van der Waals surface area contributed by atoms with Crippen molar-refractivity contribution in [1.82, 2.24) is 0 Å². The molecule has 8 rings (SSSR count). The zero-order valence-corrected chi connectivity index (χ0v) is 34.3. The van der Waals surface area contributed by atoms with E-state index in [4.69, 9.17) is 23.7 Å². The number of aliphatic hydroxyl groups is 9. The maximum atomic E-state index is 14.3. The molecule has 3 saturated heterocycles. The van der Waals surface area contributed by atoms with Crippen molar-refractivity contribution < 1.29 is 74.4 Å². The quantitative estimate of drug-likeness (QED) is 0.141. The average molecular weight is 813 g/mol. The summed E-state index contributed by atoms with van der Waals surface area (Å²) < 4.78 is 30.7. The predicted molar refractivity (Wildman–Crippen MR) is 199 cm³/mol. The maximum absolute atomic E-state index is 14.3.